The fourth-order valence-electron chi connectivity index (χ4n) is 2.34. The zero-order valence-corrected chi connectivity index (χ0v) is 12.4. The van der Waals surface area contributed by atoms with Crippen LogP contribution in [0, 0.1) is 5.92 Å². The van der Waals surface area contributed by atoms with Crippen LogP contribution in [0.25, 0.3) is 0 Å². The molecule has 1 aliphatic rings. The summed E-state index contributed by atoms with van der Waals surface area (Å²) in [6.07, 6.45) is 3.06. The van der Waals surface area contributed by atoms with Crippen molar-refractivity contribution in [3.63, 3.8) is 0 Å². The van der Waals surface area contributed by atoms with Crippen molar-refractivity contribution in [3.05, 3.63) is 0 Å². The molecule has 4 heteroatoms. The lowest BCUT2D eigenvalue weighted by atomic mass is 9.98. The quantitative estimate of drug-likeness (QED) is 0.776. The third-order valence-electron chi connectivity index (χ3n) is 3.32. The maximum absolute atomic E-state index is 11.7. The maximum Gasteiger partial charge on any atom is 0.221 e. The summed E-state index contributed by atoms with van der Waals surface area (Å²) in [7, 11) is 2.15. The molecule has 1 saturated heterocycles. The van der Waals surface area contributed by atoms with E-state index in [2.05, 4.69) is 43.4 Å². The molecule has 1 atom stereocenters. The number of nitrogens with zero attached hydrogens (tertiary/aromatic N) is 1. The van der Waals surface area contributed by atoms with E-state index in [1.807, 2.05) is 0 Å². The Hall–Kier alpha value is -0.610. The number of rotatable bonds is 5. The Kier molecular flexibility index (Phi) is 6.09. The van der Waals surface area contributed by atoms with Crippen molar-refractivity contribution >= 4 is 5.91 Å². The van der Waals surface area contributed by atoms with Gasteiger partial charge in [0.1, 0.15) is 0 Å². The second-order valence-corrected chi connectivity index (χ2v) is 6.50. The van der Waals surface area contributed by atoms with Gasteiger partial charge in [0.05, 0.1) is 0 Å². The predicted octanol–water partition coefficient (Wildman–Crippen LogP) is 1.22. The highest BCUT2D eigenvalue weighted by molar-refractivity contribution is 5.76. The molecule has 1 heterocycles. The Morgan fingerprint density at radius 3 is 2.72 bits per heavy atom. The first kappa shape index (κ1) is 15.4. The molecule has 0 aliphatic carbocycles. The van der Waals surface area contributed by atoms with Crippen LogP contribution < -0.4 is 10.6 Å². The van der Waals surface area contributed by atoms with Crippen LogP contribution in [0.15, 0.2) is 0 Å². The van der Waals surface area contributed by atoms with Gasteiger partial charge in [0, 0.05) is 31.6 Å². The largest absolute Gasteiger partial charge is 0.356 e. The van der Waals surface area contributed by atoms with Gasteiger partial charge in [0.2, 0.25) is 5.91 Å². The molecule has 0 radical (unpaired) electrons. The van der Waals surface area contributed by atoms with Crippen LogP contribution in [-0.4, -0.2) is 49.6 Å². The van der Waals surface area contributed by atoms with Gasteiger partial charge in [-0.2, -0.15) is 0 Å². The lowest BCUT2D eigenvalue weighted by molar-refractivity contribution is -0.121. The van der Waals surface area contributed by atoms with E-state index in [1.54, 1.807) is 0 Å². The lowest BCUT2D eigenvalue weighted by Crippen LogP contribution is -2.41. The summed E-state index contributed by atoms with van der Waals surface area (Å²) in [6.45, 7) is 10.2. The molecule has 0 aromatic heterocycles. The molecule has 1 amide bonds. The SMILES string of the molecule is CN1CCCC(CNC(=O)CCNC(C)(C)C)C1. The van der Waals surface area contributed by atoms with E-state index in [0.717, 1.165) is 19.6 Å². The molecular formula is C14H29N3O. The molecule has 1 rings (SSSR count). The molecule has 0 aromatic carbocycles. The minimum absolute atomic E-state index is 0.0896. The van der Waals surface area contributed by atoms with E-state index in [4.69, 9.17) is 0 Å². The topological polar surface area (TPSA) is 44.4 Å². The maximum atomic E-state index is 11.7. The third kappa shape index (κ3) is 6.97. The highest BCUT2D eigenvalue weighted by Crippen LogP contribution is 2.13. The predicted molar refractivity (Wildman–Crippen MR) is 75.6 cm³/mol. The lowest BCUT2D eigenvalue weighted by Gasteiger charge is -2.29. The van der Waals surface area contributed by atoms with Crippen LogP contribution in [0.2, 0.25) is 0 Å². The minimum atomic E-state index is 0.0896. The van der Waals surface area contributed by atoms with Gasteiger partial charge in [-0.25, -0.2) is 0 Å². The number of hydrogen-bond acceptors (Lipinski definition) is 3. The summed E-state index contributed by atoms with van der Waals surface area (Å²) in [5.41, 5.74) is 0.0896. The van der Waals surface area contributed by atoms with Crippen molar-refractivity contribution in [2.75, 3.05) is 33.2 Å². The summed E-state index contributed by atoms with van der Waals surface area (Å²) in [5, 5.41) is 6.38. The normalized spacial score (nSPS) is 21.9. The van der Waals surface area contributed by atoms with E-state index in [9.17, 15) is 4.79 Å². The fraction of sp³-hybridized carbons (Fsp3) is 0.929. The Balaban J connectivity index is 2.09. The van der Waals surface area contributed by atoms with E-state index in [1.165, 1.54) is 19.4 Å². The van der Waals surface area contributed by atoms with Crippen molar-refractivity contribution < 1.29 is 4.79 Å². The first-order valence-corrected chi connectivity index (χ1v) is 7.07. The zero-order valence-electron chi connectivity index (χ0n) is 12.4. The van der Waals surface area contributed by atoms with Crippen molar-refractivity contribution in [2.24, 2.45) is 5.92 Å². The first-order chi connectivity index (χ1) is 8.37. The van der Waals surface area contributed by atoms with Gasteiger partial charge < -0.3 is 15.5 Å². The molecule has 0 saturated carbocycles. The highest BCUT2D eigenvalue weighted by atomic mass is 16.1. The Bertz CT molecular complexity index is 260. The van der Waals surface area contributed by atoms with Crippen molar-refractivity contribution in [3.8, 4) is 0 Å². The van der Waals surface area contributed by atoms with E-state index >= 15 is 0 Å². The monoisotopic (exact) mass is 255 g/mol. The number of hydrogen-bond donors (Lipinski definition) is 2. The van der Waals surface area contributed by atoms with Gasteiger partial charge in [-0.3, -0.25) is 4.79 Å². The molecule has 0 aromatic rings. The standard InChI is InChI=1S/C14H29N3O/c1-14(2,3)16-8-7-13(18)15-10-12-6-5-9-17(4)11-12/h12,16H,5-11H2,1-4H3,(H,15,18). The van der Waals surface area contributed by atoms with Gasteiger partial charge in [-0.05, 0) is 53.1 Å². The summed E-state index contributed by atoms with van der Waals surface area (Å²) < 4.78 is 0. The second kappa shape index (κ2) is 7.10. The fourth-order valence-corrected chi connectivity index (χ4v) is 2.34. The average Bonchev–Trinajstić information content (AvgIpc) is 2.25. The smallest absolute Gasteiger partial charge is 0.221 e. The summed E-state index contributed by atoms with van der Waals surface area (Å²) >= 11 is 0. The molecule has 1 aliphatic heterocycles. The molecular weight excluding hydrogens is 226 g/mol. The van der Waals surface area contributed by atoms with Gasteiger partial charge in [0.25, 0.3) is 0 Å². The van der Waals surface area contributed by atoms with Crippen molar-refractivity contribution in [1.29, 1.82) is 0 Å². The number of carbonyl (C=O) groups excluding carboxylic acids is 1. The van der Waals surface area contributed by atoms with Crippen molar-refractivity contribution in [2.45, 2.75) is 45.6 Å². The zero-order chi connectivity index (χ0) is 13.6. The van der Waals surface area contributed by atoms with Gasteiger partial charge in [-0.1, -0.05) is 0 Å². The number of amides is 1. The molecule has 106 valence electrons. The molecule has 0 bridgehead atoms. The summed E-state index contributed by atoms with van der Waals surface area (Å²) in [5.74, 6) is 0.795. The molecule has 1 unspecified atom stereocenters. The number of likely N-dealkylation sites (tertiary alicyclic amines) is 1. The number of nitrogens with one attached hydrogen (secondary N) is 2. The number of carbonyl (C=O) groups is 1. The molecule has 18 heavy (non-hydrogen) atoms. The van der Waals surface area contributed by atoms with Crippen LogP contribution in [0.4, 0.5) is 0 Å². The van der Waals surface area contributed by atoms with Crippen LogP contribution in [-0.2, 0) is 4.79 Å². The van der Waals surface area contributed by atoms with Crippen LogP contribution in [0.5, 0.6) is 0 Å². The molecule has 2 N–H and O–H groups in total. The van der Waals surface area contributed by atoms with E-state index in [-0.39, 0.29) is 11.4 Å². The Morgan fingerprint density at radius 2 is 2.11 bits per heavy atom. The number of piperidine rings is 1. The van der Waals surface area contributed by atoms with Gasteiger partial charge >= 0.3 is 0 Å². The van der Waals surface area contributed by atoms with E-state index in [0.29, 0.717) is 12.3 Å². The van der Waals surface area contributed by atoms with Crippen LogP contribution in [0.3, 0.4) is 0 Å². The summed E-state index contributed by atoms with van der Waals surface area (Å²) in [4.78, 5) is 14.0. The second-order valence-electron chi connectivity index (χ2n) is 6.50. The molecule has 1 fully saturated rings. The van der Waals surface area contributed by atoms with Crippen LogP contribution >= 0.6 is 0 Å². The van der Waals surface area contributed by atoms with Crippen LogP contribution in [0.1, 0.15) is 40.0 Å². The third-order valence-corrected chi connectivity index (χ3v) is 3.32. The van der Waals surface area contributed by atoms with E-state index < -0.39 is 0 Å². The molecule has 0 spiro atoms. The minimum Gasteiger partial charge on any atom is -0.356 e. The Morgan fingerprint density at radius 1 is 1.39 bits per heavy atom. The summed E-state index contributed by atoms with van der Waals surface area (Å²) in [6, 6.07) is 0. The molecule has 4 nitrogen and oxygen atoms in total. The van der Waals surface area contributed by atoms with Gasteiger partial charge in [-0.15, -0.1) is 0 Å². The van der Waals surface area contributed by atoms with Crippen molar-refractivity contribution in [1.82, 2.24) is 15.5 Å². The highest BCUT2D eigenvalue weighted by Gasteiger charge is 2.17. The van der Waals surface area contributed by atoms with Gasteiger partial charge in [0.15, 0.2) is 0 Å². The first-order valence-electron chi connectivity index (χ1n) is 7.07. The Labute approximate surface area is 111 Å². The average molecular weight is 255 g/mol.